The van der Waals surface area contributed by atoms with Gasteiger partial charge in [-0.25, -0.2) is 0 Å². The molecule has 0 N–H and O–H groups in total. The molecule has 0 radical (unpaired) electrons. The standard InChI is InChI=1S/C17H21ClO/c1-10-6-7-15(8-11(10)2)9-16(18)17-12(3)13(4)19-14(17)5/h6-8,16H,9H2,1-5H3. The van der Waals surface area contributed by atoms with E-state index in [4.69, 9.17) is 16.0 Å². The van der Waals surface area contributed by atoms with Crippen LogP contribution in [0.4, 0.5) is 0 Å². The first-order valence-corrected chi connectivity index (χ1v) is 7.10. The van der Waals surface area contributed by atoms with Crippen molar-refractivity contribution in [1.82, 2.24) is 0 Å². The normalized spacial score (nSPS) is 12.7. The molecule has 19 heavy (non-hydrogen) atoms. The van der Waals surface area contributed by atoms with Crippen LogP contribution in [0.2, 0.25) is 0 Å². The smallest absolute Gasteiger partial charge is 0.106 e. The minimum atomic E-state index is -0.0282. The molecule has 1 aromatic heterocycles. The highest BCUT2D eigenvalue weighted by Crippen LogP contribution is 2.33. The first kappa shape index (κ1) is 14.2. The maximum absolute atomic E-state index is 6.60. The molecule has 0 saturated heterocycles. The molecule has 0 spiro atoms. The van der Waals surface area contributed by atoms with E-state index in [-0.39, 0.29) is 5.38 Å². The Labute approximate surface area is 120 Å². The van der Waals surface area contributed by atoms with Gasteiger partial charge in [0.15, 0.2) is 0 Å². The van der Waals surface area contributed by atoms with E-state index < -0.39 is 0 Å². The highest BCUT2D eigenvalue weighted by atomic mass is 35.5. The summed E-state index contributed by atoms with van der Waals surface area (Å²) in [5, 5.41) is -0.0282. The van der Waals surface area contributed by atoms with Gasteiger partial charge in [-0.05, 0) is 63.3 Å². The summed E-state index contributed by atoms with van der Waals surface area (Å²) in [7, 11) is 0. The summed E-state index contributed by atoms with van der Waals surface area (Å²) in [6.45, 7) is 10.3. The van der Waals surface area contributed by atoms with Gasteiger partial charge in [-0.3, -0.25) is 0 Å². The number of hydrogen-bond donors (Lipinski definition) is 0. The second-order valence-corrected chi connectivity index (χ2v) is 5.87. The lowest BCUT2D eigenvalue weighted by molar-refractivity contribution is 0.499. The van der Waals surface area contributed by atoms with Gasteiger partial charge < -0.3 is 4.42 Å². The zero-order valence-corrected chi connectivity index (χ0v) is 13.1. The Bertz CT molecular complexity index is 596. The van der Waals surface area contributed by atoms with Crippen LogP contribution >= 0.6 is 11.6 Å². The predicted octanol–water partition coefficient (Wildman–Crippen LogP) is 5.34. The van der Waals surface area contributed by atoms with E-state index in [1.54, 1.807) is 0 Å². The van der Waals surface area contributed by atoms with Crippen molar-refractivity contribution in [2.75, 3.05) is 0 Å². The van der Waals surface area contributed by atoms with Crippen molar-refractivity contribution in [3.05, 3.63) is 57.5 Å². The van der Waals surface area contributed by atoms with Gasteiger partial charge in [0.1, 0.15) is 11.5 Å². The van der Waals surface area contributed by atoms with E-state index in [0.29, 0.717) is 0 Å². The van der Waals surface area contributed by atoms with Crippen molar-refractivity contribution < 1.29 is 4.42 Å². The fourth-order valence-corrected chi connectivity index (χ4v) is 3.01. The molecule has 0 aliphatic rings. The fraction of sp³-hybridized carbons (Fsp3) is 0.412. The second-order valence-electron chi connectivity index (χ2n) is 5.34. The van der Waals surface area contributed by atoms with Crippen LogP contribution in [0.15, 0.2) is 22.6 Å². The van der Waals surface area contributed by atoms with Gasteiger partial charge in [0, 0.05) is 5.56 Å². The lowest BCUT2D eigenvalue weighted by Gasteiger charge is -2.11. The molecule has 2 aromatic rings. The number of rotatable bonds is 3. The number of benzene rings is 1. The van der Waals surface area contributed by atoms with Gasteiger partial charge >= 0.3 is 0 Å². The zero-order chi connectivity index (χ0) is 14.2. The minimum absolute atomic E-state index is 0.0282. The summed E-state index contributed by atoms with van der Waals surface area (Å²) in [5.74, 6) is 1.91. The molecule has 1 atom stereocenters. The molecule has 1 heterocycles. The number of alkyl halides is 1. The Morgan fingerprint density at radius 3 is 2.21 bits per heavy atom. The number of aryl methyl sites for hydroxylation is 4. The van der Waals surface area contributed by atoms with Crippen molar-refractivity contribution in [3.8, 4) is 0 Å². The van der Waals surface area contributed by atoms with Gasteiger partial charge in [-0.15, -0.1) is 11.6 Å². The third-order valence-corrected chi connectivity index (χ3v) is 4.29. The fourth-order valence-electron chi connectivity index (χ4n) is 2.51. The van der Waals surface area contributed by atoms with Crippen molar-refractivity contribution in [2.24, 2.45) is 0 Å². The predicted molar refractivity (Wildman–Crippen MR) is 81.1 cm³/mol. The second kappa shape index (κ2) is 5.42. The topological polar surface area (TPSA) is 13.1 Å². The van der Waals surface area contributed by atoms with Gasteiger partial charge in [0.2, 0.25) is 0 Å². The molecule has 1 nitrogen and oxygen atoms in total. The first-order valence-electron chi connectivity index (χ1n) is 6.66. The lowest BCUT2D eigenvalue weighted by atomic mass is 9.98. The quantitative estimate of drug-likeness (QED) is 0.689. The maximum Gasteiger partial charge on any atom is 0.106 e. The van der Waals surface area contributed by atoms with E-state index in [0.717, 1.165) is 23.5 Å². The Hall–Kier alpha value is -1.21. The molecular formula is C17H21ClO. The highest BCUT2D eigenvalue weighted by molar-refractivity contribution is 6.21. The van der Waals surface area contributed by atoms with Crippen LogP contribution in [0.5, 0.6) is 0 Å². The Balaban J connectivity index is 2.25. The van der Waals surface area contributed by atoms with Crippen LogP contribution in [0.3, 0.4) is 0 Å². The molecule has 1 aromatic carbocycles. The maximum atomic E-state index is 6.60. The van der Waals surface area contributed by atoms with Crippen molar-refractivity contribution in [3.63, 3.8) is 0 Å². The SMILES string of the molecule is Cc1ccc(CC(Cl)c2c(C)oc(C)c2C)cc1C. The van der Waals surface area contributed by atoms with Gasteiger partial charge in [0.05, 0.1) is 5.38 Å². The number of hydrogen-bond acceptors (Lipinski definition) is 1. The third kappa shape index (κ3) is 2.87. The van der Waals surface area contributed by atoms with E-state index in [9.17, 15) is 0 Å². The van der Waals surface area contributed by atoms with Gasteiger partial charge in [0.25, 0.3) is 0 Å². The van der Waals surface area contributed by atoms with Crippen LogP contribution < -0.4 is 0 Å². The van der Waals surface area contributed by atoms with Crippen LogP contribution in [0.1, 0.15) is 44.7 Å². The molecule has 0 bridgehead atoms. The first-order chi connectivity index (χ1) is 8.90. The van der Waals surface area contributed by atoms with E-state index in [1.165, 1.54) is 22.3 Å². The summed E-state index contributed by atoms with van der Waals surface area (Å²) in [5.41, 5.74) is 6.25. The monoisotopic (exact) mass is 276 g/mol. The summed E-state index contributed by atoms with van der Waals surface area (Å²) in [6, 6.07) is 6.55. The van der Waals surface area contributed by atoms with E-state index in [2.05, 4.69) is 39.0 Å². The molecule has 2 rings (SSSR count). The Morgan fingerprint density at radius 2 is 1.68 bits per heavy atom. The molecule has 102 valence electrons. The van der Waals surface area contributed by atoms with Crippen LogP contribution in [-0.4, -0.2) is 0 Å². The van der Waals surface area contributed by atoms with E-state index in [1.807, 2.05) is 13.8 Å². The molecule has 1 unspecified atom stereocenters. The average Bonchev–Trinajstić information content (AvgIpc) is 2.58. The number of halogens is 1. The average molecular weight is 277 g/mol. The van der Waals surface area contributed by atoms with Crippen LogP contribution in [0.25, 0.3) is 0 Å². The zero-order valence-electron chi connectivity index (χ0n) is 12.3. The molecule has 0 aliphatic heterocycles. The Morgan fingerprint density at radius 1 is 1.00 bits per heavy atom. The highest BCUT2D eigenvalue weighted by Gasteiger charge is 2.19. The lowest BCUT2D eigenvalue weighted by Crippen LogP contribution is -1.99. The molecule has 0 saturated carbocycles. The van der Waals surface area contributed by atoms with Crippen molar-refractivity contribution >= 4 is 11.6 Å². The number of furan rings is 1. The molecule has 0 fully saturated rings. The molecule has 0 aliphatic carbocycles. The van der Waals surface area contributed by atoms with Gasteiger partial charge in [-0.2, -0.15) is 0 Å². The Kier molecular flexibility index (Phi) is 4.05. The van der Waals surface area contributed by atoms with Crippen molar-refractivity contribution in [1.29, 1.82) is 0 Å². The summed E-state index contributed by atoms with van der Waals surface area (Å²) in [6.07, 6.45) is 0.837. The third-order valence-electron chi connectivity index (χ3n) is 3.92. The summed E-state index contributed by atoms with van der Waals surface area (Å²) < 4.78 is 5.66. The summed E-state index contributed by atoms with van der Waals surface area (Å²) >= 11 is 6.60. The van der Waals surface area contributed by atoms with Crippen LogP contribution in [-0.2, 0) is 6.42 Å². The molecule has 0 amide bonds. The van der Waals surface area contributed by atoms with Crippen LogP contribution in [0, 0.1) is 34.6 Å². The molecule has 2 heteroatoms. The largest absolute Gasteiger partial charge is 0.466 e. The summed E-state index contributed by atoms with van der Waals surface area (Å²) in [4.78, 5) is 0. The van der Waals surface area contributed by atoms with Gasteiger partial charge in [-0.1, -0.05) is 18.2 Å². The minimum Gasteiger partial charge on any atom is -0.466 e. The molecular weight excluding hydrogens is 256 g/mol. The van der Waals surface area contributed by atoms with Crippen molar-refractivity contribution in [2.45, 2.75) is 46.4 Å². The van der Waals surface area contributed by atoms with E-state index >= 15 is 0 Å².